The van der Waals surface area contributed by atoms with E-state index in [1.54, 1.807) is 0 Å². The molecule has 5 nitrogen and oxygen atoms in total. The van der Waals surface area contributed by atoms with Crippen LogP contribution in [-0.2, 0) is 4.74 Å². The van der Waals surface area contributed by atoms with Gasteiger partial charge in [0.1, 0.15) is 0 Å². The molecule has 2 amide bonds. The van der Waals surface area contributed by atoms with Crippen LogP contribution in [0.25, 0.3) is 0 Å². The summed E-state index contributed by atoms with van der Waals surface area (Å²) in [5.74, 6) is 0. The smallest absolute Gasteiger partial charge is 0.320 e. The highest BCUT2D eigenvalue weighted by molar-refractivity contribution is 5.74. The lowest BCUT2D eigenvalue weighted by Gasteiger charge is -2.34. The van der Waals surface area contributed by atoms with Crippen LogP contribution in [0.1, 0.15) is 32.6 Å². The van der Waals surface area contributed by atoms with Gasteiger partial charge >= 0.3 is 6.03 Å². The molecule has 2 aliphatic heterocycles. The van der Waals surface area contributed by atoms with E-state index >= 15 is 0 Å². The maximum absolute atomic E-state index is 12.6. The van der Waals surface area contributed by atoms with Crippen molar-refractivity contribution < 1.29 is 9.53 Å². The van der Waals surface area contributed by atoms with Crippen LogP contribution in [0.2, 0.25) is 0 Å². The number of carbonyl (C=O) groups excluding carboxylic acids is 1. The summed E-state index contributed by atoms with van der Waals surface area (Å²) in [6.07, 6.45) is 4.64. The summed E-state index contributed by atoms with van der Waals surface area (Å²) in [7, 11) is 0. The molecule has 0 aromatic carbocycles. The molecular weight excluding hydrogens is 242 g/mol. The Kier molecular flexibility index (Phi) is 5.92. The number of unbranched alkanes of at least 4 members (excludes halogenated alkanes) is 1. The summed E-state index contributed by atoms with van der Waals surface area (Å²) in [4.78, 5) is 16.5. The quantitative estimate of drug-likeness (QED) is 0.818. The number of urea groups is 1. The Labute approximate surface area is 116 Å². The van der Waals surface area contributed by atoms with E-state index in [1.165, 1.54) is 12.8 Å². The van der Waals surface area contributed by atoms with Crippen LogP contribution in [0, 0.1) is 0 Å². The van der Waals surface area contributed by atoms with Crippen molar-refractivity contribution in [3.63, 3.8) is 0 Å². The van der Waals surface area contributed by atoms with Crippen LogP contribution >= 0.6 is 0 Å². The van der Waals surface area contributed by atoms with Crippen LogP contribution in [-0.4, -0.2) is 67.8 Å². The molecule has 0 saturated carbocycles. The van der Waals surface area contributed by atoms with Crippen molar-refractivity contribution in [3.05, 3.63) is 0 Å². The largest absolute Gasteiger partial charge is 0.378 e. The van der Waals surface area contributed by atoms with E-state index in [-0.39, 0.29) is 6.03 Å². The third-order valence-electron chi connectivity index (χ3n) is 3.94. The zero-order chi connectivity index (χ0) is 13.5. The summed E-state index contributed by atoms with van der Waals surface area (Å²) in [6.45, 7) is 7.83. The number of ether oxygens (including phenoxy) is 1. The predicted octanol–water partition coefficient (Wildman–Crippen LogP) is 1.29. The Hall–Kier alpha value is -0.810. The first-order chi connectivity index (χ1) is 9.31. The second kappa shape index (κ2) is 7.70. The number of nitrogens with zero attached hydrogens (tertiary/aromatic N) is 2. The van der Waals surface area contributed by atoms with Crippen molar-refractivity contribution in [2.75, 3.05) is 45.9 Å². The van der Waals surface area contributed by atoms with Crippen molar-refractivity contribution >= 4 is 6.03 Å². The van der Waals surface area contributed by atoms with Gasteiger partial charge in [-0.2, -0.15) is 0 Å². The first-order valence-electron chi connectivity index (χ1n) is 7.66. The van der Waals surface area contributed by atoms with Crippen molar-refractivity contribution in [1.29, 1.82) is 0 Å². The molecular formula is C14H27N3O2. The minimum Gasteiger partial charge on any atom is -0.378 e. The second-order valence-corrected chi connectivity index (χ2v) is 5.47. The van der Waals surface area contributed by atoms with Gasteiger partial charge in [0.25, 0.3) is 0 Å². The minimum atomic E-state index is 0.199. The highest BCUT2D eigenvalue weighted by atomic mass is 16.5. The first kappa shape index (κ1) is 14.6. The van der Waals surface area contributed by atoms with Gasteiger partial charge in [-0.05, 0) is 25.8 Å². The van der Waals surface area contributed by atoms with Gasteiger partial charge in [-0.25, -0.2) is 4.79 Å². The molecule has 1 N–H and O–H groups in total. The van der Waals surface area contributed by atoms with Gasteiger partial charge in [0.2, 0.25) is 0 Å². The van der Waals surface area contributed by atoms with Gasteiger partial charge in [-0.1, -0.05) is 13.3 Å². The van der Waals surface area contributed by atoms with Crippen molar-refractivity contribution in [3.8, 4) is 0 Å². The summed E-state index contributed by atoms with van der Waals surface area (Å²) in [6, 6.07) is 0.687. The second-order valence-electron chi connectivity index (χ2n) is 5.47. The monoisotopic (exact) mass is 269 g/mol. The van der Waals surface area contributed by atoms with Crippen molar-refractivity contribution in [1.82, 2.24) is 15.1 Å². The van der Waals surface area contributed by atoms with Crippen LogP contribution in [0.4, 0.5) is 4.79 Å². The number of hydrogen-bond acceptors (Lipinski definition) is 3. The molecule has 0 radical (unpaired) electrons. The van der Waals surface area contributed by atoms with Crippen molar-refractivity contribution in [2.24, 2.45) is 0 Å². The zero-order valence-corrected chi connectivity index (χ0v) is 12.1. The van der Waals surface area contributed by atoms with E-state index in [1.807, 2.05) is 9.80 Å². The fourth-order valence-corrected chi connectivity index (χ4v) is 2.75. The van der Waals surface area contributed by atoms with Gasteiger partial charge in [-0.3, -0.25) is 0 Å². The number of morpholine rings is 1. The van der Waals surface area contributed by atoms with E-state index in [9.17, 15) is 4.79 Å². The molecule has 2 fully saturated rings. The maximum atomic E-state index is 12.6. The Bertz CT molecular complexity index is 274. The van der Waals surface area contributed by atoms with E-state index < -0.39 is 0 Å². The zero-order valence-electron chi connectivity index (χ0n) is 12.1. The van der Waals surface area contributed by atoms with Gasteiger partial charge < -0.3 is 19.9 Å². The normalized spacial score (nSPS) is 23.6. The average molecular weight is 269 g/mol. The van der Waals surface area contributed by atoms with Crippen LogP contribution in [0.3, 0.4) is 0 Å². The van der Waals surface area contributed by atoms with Crippen molar-refractivity contribution in [2.45, 2.75) is 38.6 Å². The number of hydrogen-bond donors (Lipinski definition) is 1. The minimum absolute atomic E-state index is 0.199. The van der Waals surface area contributed by atoms with Crippen LogP contribution < -0.4 is 5.32 Å². The summed E-state index contributed by atoms with van der Waals surface area (Å²) in [5, 5.41) is 3.48. The Morgan fingerprint density at radius 2 is 2.21 bits per heavy atom. The molecule has 2 aliphatic rings. The standard InChI is InChI=1S/C14H27N3O2/c1-2-3-7-17(12-13-5-4-6-15-13)14(18)16-8-10-19-11-9-16/h13,15H,2-12H2,1H3. The molecule has 0 bridgehead atoms. The van der Waals surface area contributed by atoms with Gasteiger partial charge in [0, 0.05) is 32.2 Å². The molecule has 2 saturated heterocycles. The topological polar surface area (TPSA) is 44.8 Å². The average Bonchev–Trinajstić information content (AvgIpc) is 2.96. The number of carbonyl (C=O) groups is 1. The molecule has 1 atom stereocenters. The third-order valence-corrected chi connectivity index (χ3v) is 3.94. The SMILES string of the molecule is CCCCN(CC1CCCN1)C(=O)N1CCOCC1. The fourth-order valence-electron chi connectivity index (χ4n) is 2.75. The first-order valence-corrected chi connectivity index (χ1v) is 7.66. The Morgan fingerprint density at radius 1 is 1.42 bits per heavy atom. The lowest BCUT2D eigenvalue weighted by Crippen LogP contribution is -2.51. The van der Waals surface area contributed by atoms with Gasteiger partial charge in [0.15, 0.2) is 0 Å². The number of nitrogens with one attached hydrogen (secondary N) is 1. The Balaban J connectivity index is 1.88. The van der Waals surface area contributed by atoms with Gasteiger partial charge in [0.05, 0.1) is 13.2 Å². The Morgan fingerprint density at radius 3 is 2.84 bits per heavy atom. The molecule has 110 valence electrons. The fraction of sp³-hybridized carbons (Fsp3) is 0.929. The molecule has 0 aliphatic carbocycles. The molecule has 0 aromatic heterocycles. The molecule has 19 heavy (non-hydrogen) atoms. The van der Waals surface area contributed by atoms with Gasteiger partial charge in [-0.15, -0.1) is 0 Å². The highest BCUT2D eigenvalue weighted by Gasteiger charge is 2.25. The predicted molar refractivity (Wildman–Crippen MR) is 75.3 cm³/mol. The van der Waals surface area contributed by atoms with Crippen LogP contribution in [0.5, 0.6) is 0 Å². The van der Waals surface area contributed by atoms with E-state index in [4.69, 9.17) is 4.74 Å². The molecule has 2 rings (SSSR count). The molecule has 5 heteroatoms. The molecule has 2 heterocycles. The lowest BCUT2D eigenvalue weighted by molar-refractivity contribution is 0.0425. The third kappa shape index (κ3) is 4.35. The van der Waals surface area contributed by atoms with E-state index in [0.717, 1.165) is 45.6 Å². The summed E-state index contributed by atoms with van der Waals surface area (Å²) < 4.78 is 5.32. The molecule has 0 spiro atoms. The lowest BCUT2D eigenvalue weighted by atomic mass is 10.2. The van der Waals surface area contributed by atoms with E-state index in [0.29, 0.717) is 19.3 Å². The summed E-state index contributed by atoms with van der Waals surface area (Å²) >= 11 is 0. The van der Waals surface area contributed by atoms with E-state index in [2.05, 4.69) is 12.2 Å². The highest BCUT2D eigenvalue weighted by Crippen LogP contribution is 2.11. The summed E-state index contributed by atoms with van der Waals surface area (Å²) in [5.41, 5.74) is 0. The number of amides is 2. The number of rotatable bonds is 5. The van der Waals surface area contributed by atoms with Crippen LogP contribution in [0.15, 0.2) is 0 Å². The molecule has 1 unspecified atom stereocenters. The molecule has 0 aromatic rings. The maximum Gasteiger partial charge on any atom is 0.320 e.